The smallest absolute Gasteiger partial charge is 0.281 e. The van der Waals surface area contributed by atoms with Crippen LogP contribution in [0.1, 0.15) is 0 Å². The molecule has 0 aromatic carbocycles. The summed E-state index contributed by atoms with van der Waals surface area (Å²) >= 11 is 0. The highest BCUT2D eigenvalue weighted by molar-refractivity contribution is 7.85. The van der Waals surface area contributed by atoms with Gasteiger partial charge in [-0.25, -0.2) is 0 Å². The molecule has 10 heavy (non-hydrogen) atoms. The van der Waals surface area contributed by atoms with Gasteiger partial charge in [0, 0.05) is 0 Å². The molecular weight excluding hydrogens is 160 g/mol. The van der Waals surface area contributed by atoms with Crippen LogP contribution in [0.4, 0.5) is 0 Å². The number of hydrogen-bond acceptors (Lipinski definition) is 6. The Morgan fingerprint density at radius 3 is 2.40 bits per heavy atom. The third-order valence-corrected chi connectivity index (χ3v) is 1.38. The van der Waals surface area contributed by atoms with Crippen molar-refractivity contribution in [3.05, 3.63) is 6.20 Å². The Labute approximate surface area is 55.8 Å². The molecule has 0 aliphatic heterocycles. The van der Waals surface area contributed by atoms with E-state index in [-0.39, 0.29) is 0 Å². The fourth-order valence-electron chi connectivity index (χ4n) is 0.306. The van der Waals surface area contributed by atoms with E-state index in [1.165, 1.54) is 0 Å². The first kappa shape index (κ1) is 6.96. The van der Waals surface area contributed by atoms with Crippen molar-refractivity contribution >= 4 is 10.1 Å². The molecule has 0 aliphatic carbocycles. The van der Waals surface area contributed by atoms with Crippen LogP contribution in [0.3, 0.4) is 0 Å². The highest BCUT2D eigenvalue weighted by Gasteiger charge is 2.10. The van der Waals surface area contributed by atoms with Crippen molar-refractivity contribution in [2.75, 3.05) is 0 Å². The van der Waals surface area contributed by atoms with Crippen molar-refractivity contribution < 1.29 is 13.0 Å². The van der Waals surface area contributed by atoms with Gasteiger partial charge in [-0.1, -0.05) is 0 Å². The second-order valence-corrected chi connectivity index (χ2v) is 2.71. The molecule has 0 aliphatic rings. The van der Waals surface area contributed by atoms with Gasteiger partial charge in [-0.2, -0.15) is 8.42 Å². The summed E-state index contributed by atoms with van der Waals surface area (Å²) in [4.78, 5) is 0. The topological polar surface area (TPSA) is 106 Å². The van der Waals surface area contributed by atoms with Gasteiger partial charge in [0.2, 0.25) is 5.03 Å². The summed E-state index contributed by atoms with van der Waals surface area (Å²) in [5.74, 6) is 0. The number of nitrogens with zero attached hydrogens (tertiary/aromatic N) is 4. The lowest BCUT2D eigenvalue weighted by Crippen LogP contribution is -2.04. The number of hydrogen-bond donors (Lipinski definition) is 1. The first-order chi connectivity index (χ1) is 4.61. The Morgan fingerprint density at radius 1 is 1.40 bits per heavy atom. The maximum atomic E-state index is 10.2. The Bertz CT molecular complexity index is 307. The normalized spacial score (nSPS) is 11.3. The summed E-state index contributed by atoms with van der Waals surface area (Å²) in [5, 5.41) is 11.3. The van der Waals surface area contributed by atoms with Crippen LogP contribution < -0.4 is 0 Å². The van der Waals surface area contributed by atoms with Crippen molar-refractivity contribution in [2.45, 2.75) is 5.03 Å². The summed E-state index contributed by atoms with van der Waals surface area (Å²) < 4.78 is 28.7. The highest BCUT2D eigenvalue weighted by Crippen LogP contribution is 1.96. The molecule has 0 amide bonds. The molecule has 0 bridgehead atoms. The van der Waals surface area contributed by atoms with Crippen LogP contribution in [0.2, 0.25) is 0 Å². The summed E-state index contributed by atoms with van der Waals surface area (Å²) in [6.45, 7) is 0. The zero-order valence-corrected chi connectivity index (χ0v) is 5.35. The minimum absolute atomic E-state index is 0.609. The minimum atomic E-state index is -4.28. The molecule has 1 aromatic rings. The van der Waals surface area contributed by atoms with E-state index in [0.29, 0.717) is 0 Å². The van der Waals surface area contributed by atoms with Crippen LogP contribution in [-0.2, 0) is 10.1 Å². The fraction of sp³-hybridized carbons (Fsp3) is 0. The number of rotatable bonds is 1. The number of aromatic nitrogens is 4. The molecule has 1 rings (SSSR count). The molecule has 7 nitrogen and oxygen atoms in total. The van der Waals surface area contributed by atoms with Gasteiger partial charge in [0.1, 0.15) is 0 Å². The first-order valence-corrected chi connectivity index (χ1v) is 3.53. The van der Waals surface area contributed by atoms with E-state index in [9.17, 15) is 8.42 Å². The van der Waals surface area contributed by atoms with Gasteiger partial charge in [-0.3, -0.25) is 4.55 Å². The zero-order chi connectivity index (χ0) is 7.61. The lowest BCUT2D eigenvalue weighted by molar-refractivity contribution is 0.474. The Kier molecular flexibility index (Phi) is 1.55. The van der Waals surface area contributed by atoms with Crippen molar-refractivity contribution in [2.24, 2.45) is 0 Å². The Hall–Kier alpha value is -1.15. The van der Waals surface area contributed by atoms with E-state index in [0.717, 1.165) is 6.20 Å². The van der Waals surface area contributed by atoms with Crippen molar-refractivity contribution in [1.82, 2.24) is 20.6 Å². The molecule has 1 N–H and O–H groups in total. The van der Waals surface area contributed by atoms with Crippen LogP contribution in [0, 0.1) is 0 Å². The van der Waals surface area contributed by atoms with E-state index in [1.807, 2.05) is 0 Å². The average molecular weight is 162 g/mol. The molecule has 0 atom stereocenters. The lowest BCUT2D eigenvalue weighted by Gasteiger charge is -1.87. The Morgan fingerprint density at radius 2 is 2.10 bits per heavy atom. The maximum absolute atomic E-state index is 10.2. The van der Waals surface area contributed by atoms with Crippen LogP contribution in [0.15, 0.2) is 11.2 Å². The van der Waals surface area contributed by atoms with Crippen molar-refractivity contribution in [3.8, 4) is 0 Å². The maximum Gasteiger partial charge on any atom is 0.315 e. The van der Waals surface area contributed by atoms with Crippen molar-refractivity contribution in [1.29, 1.82) is 0 Å². The summed E-state index contributed by atoms with van der Waals surface area (Å²) in [7, 11) is -4.28. The molecule has 54 valence electrons. The van der Waals surface area contributed by atoms with Gasteiger partial charge in [-0.05, 0) is 10.4 Å². The minimum Gasteiger partial charge on any atom is -0.281 e. The molecule has 8 heteroatoms. The average Bonchev–Trinajstić information content (AvgIpc) is 1.88. The third-order valence-electron chi connectivity index (χ3n) is 0.667. The van der Waals surface area contributed by atoms with Gasteiger partial charge in [-0.15, -0.1) is 10.2 Å². The molecule has 0 radical (unpaired) electrons. The molecule has 1 aromatic heterocycles. The van der Waals surface area contributed by atoms with Gasteiger partial charge in [0.05, 0.1) is 6.20 Å². The summed E-state index contributed by atoms with van der Waals surface area (Å²) in [5.41, 5.74) is 0. The van der Waals surface area contributed by atoms with Gasteiger partial charge < -0.3 is 0 Å². The van der Waals surface area contributed by atoms with Crippen LogP contribution in [0.5, 0.6) is 0 Å². The fourth-order valence-corrected chi connectivity index (χ4v) is 0.626. The van der Waals surface area contributed by atoms with Gasteiger partial charge in [0.25, 0.3) is 0 Å². The zero-order valence-electron chi connectivity index (χ0n) is 4.54. The second kappa shape index (κ2) is 2.23. The lowest BCUT2D eigenvalue weighted by atomic mass is 10.9. The second-order valence-electron chi connectivity index (χ2n) is 1.34. The largest absolute Gasteiger partial charge is 0.315 e. The summed E-state index contributed by atoms with van der Waals surface area (Å²) in [6.07, 6.45) is 0.794. The molecule has 1 heterocycles. The van der Waals surface area contributed by atoms with E-state index in [2.05, 4.69) is 20.6 Å². The third kappa shape index (κ3) is 1.42. The van der Waals surface area contributed by atoms with Crippen LogP contribution in [0.25, 0.3) is 0 Å². The molecule has 0 fully saturated rings. The van der Waals surface area contributed by atoms with Crippen molar-refractivity contribution in [3.63, 3.8) is 0 Å². The molecule has 0 spiro atoms. The van der Waals surface area contributed by atoms with Crippen LogP contribution >= 0.6 is 0 Å². The predicted molar refractivity (Wildman–Crippen MR) is 27.4 cm³/mol. The standard InChI is InChI=1S/C2H2N4O3S/c7-10(8,9)2-1-3-5-6-4-2/h1H,(H,7,8,9). The van der Waals surface area contributed by atoms with Gasteiger partial charge in [0.15, 0.2) is 0 Å². The molecule has 0 saturated carbocycles. The monoisotopic (exact) mass is 162 g/mol. The van der Waals surface area contributed by atoms with E-state index in [4.69, 9.17) is 4.55 Å². The molecular formula is C2H2N4O3S. The SMILES string of the molecule is O=S(=O)(O)c1cnnnn1. The first-order valence-electron chi connectivity index (χ1n) is 2.09. The highest BCUT2D eigenvalue weighted by atomic mass is 32.2. The summed E-state index contributed by atoms with van der Waals surface area (Å²) in [6, 6.07) is 0. The Balaban J connectivity index is 3.22. The molecule has 0 unspecified atom stereocenters. The quantitative estimate of drug-likeness (QED) is 0.501. The van der Waals surface area contributed by atoms with E-state index < -0.39 is 15.1 Å². The van der Waals surface area contributed by atoms with E-state index >= 15 is 0 Å². The van der Waals surface area contributed by atoms with Crippen LogP contribution in [-0.4, -0.2) is 33.6 Å². The molecule has 0 saturated heterocycles. The predicted octanol–water partition coefficient (Wildman–Crippen LogP) is -1.49. The van der Waals surface area contributed by atoms with E-state index in [1.54, 1.807) is 0 Å². The van der Waals surface area contributed by atoms with Gasteiger partial charge >= 0.3 is 10.1 Å².